The molecule has 1 aromatic heterocycles. The Morgan fingerprint density at radius 2 is 1.10 bits per heavy atom. The summed E-state index contributed by atoms with van der Waals surface area (Å²) in [5.41, 5.74) is -0.874. The number of aromatic nitrogens is 2. The normalized spacial score (nSPS) is 12.5. The van der Waals surface area contributed by atoms with Crippen molar-refractivity contribution in [3.63, 3.8) is 0 Å². The van der Waals surface area contributed by atoms with Gasteiger partial charge in [0, 0.05) is 0 Å². The molecule has 0 aromatic carbocycles. The first-order chi connectivity index (χ1) is 13.8. The molecule has 0 unspecified atom stereocenters. The molecule has 1 heterocycles. The molecule has 0 fully saturated rings. The third kappa shape index (κ3) is 6.13. The summed E-state index contributed by atoms with van der Waals surface area (Å²) < 4.78 is 23.5. The van der Waals surface area contributed by atoms with Crippen LogP contribution in [0.4, 0.5) is 4.39 Å². The molecule has 0 bridgehead atoms. The molecule has 7 heteroatoms. The summed E-state index contributed by atoms with van der Waals surface area (Å²) in [6.07, 6.45) is 5.84. The maximum absolute atomic E-state index is 15.7. The zero-order chi connectivity index (χ0) is 22.1. The fourth-order valence-electron chi connectivity index (χ4n) is 5.60. The Bertz CT molecular complexity index is 711. The Labute approximate surface area is 185 Å². The van der Waals surface area contributed by atoms with Crippen LogP contribution < -0.4 is 15.0 Å². The van der Waals surface area contributed by atoms with Gasteiger partial charge in [-0.05, 0) is 0 Å². The van der Waals surface area contributed by atoms with Crippen LogP contribution in [-0.4, -0.2) is 44.8 Å². The van der Waals surface area contributed by atoms with Crippen molar-refractivity contribution in [1.29, 1.82) is 0 Å². The van der Waals surface area contributed by atoms with Gasteiger partial charge in [-0.1, -0.05) is 0 Å². The number of aromatic amines is 1. The number of halogens is 1. The molecule has 1 N–H and O–H groups in total. The topological polar surface area (TPSA) is 54.9 Å². The molecule has 0 radical (unpaired) electrons. The van der Waals surface area contributed by atoms with E-state index in [0.29, 0.717) is 3.71 Å². The number of hydrogen-bond acceptors (Lipinski definition) is 2. The molecule has 168 valence electrons. The second kappa shape index (κ2) is 12.9. The molecule has 0 aliphatic carbocycles. The van der Waals surface area contributed by atoms with Crippen molar-refractivity contribution in [2.24, 2.45) is 0 Å². The van der Waals surface area contributed by atoms with E-state index in [1.807, 2.05) is 0 Å². The molecule has 29 heavy (non-hydrogen) atoms. The van der Waals surface area contributed by atoms with Gasteiger partial charge >= 0.3 is 186 Å². The Morgan fingerprint density at radius 1 is 0.724 bits per heavy atom. The first-order valence-electron chi connectivity index (χ1n) is 11.9. The molecule has 1 aromatic rings. The second-order valence-electron chi connectivity index (χ2n) is 8.76. The number of hydrogen-bond donors (Lipinski definition) is 1. The summed E-state index contributed by atoms with van der Waals surface area (Å²) in [5.74, 6) is -0.597. The van der Waals surface area contributed by atoms with Gasteiger partial charge in [-0.25, -0.2) is 0 Å². The molecule has 0 spiro atoms. The van der Waals surface area contributed by atoms with Crippen LogP contribution in [0.5, 0.6) is 0 Å². The standard InChI is InChI=1S/C4H2FN2O2.6C3H7.2Sn/c5-2-1-6-4(9)7-3(2)8;6*1-3-2;;/h(H2,6,7,8,9);6*1,3H2,2H3;;/q;;;;;;;;+1/p-1. The molecule has 0 saturated carbocycles. The van der Waals surface area contributed by atoms with E-state index in [9.17, 15) is 9.59 Å². The molecule has 0 saturated heterocycles. The van der Waals surface area contributed by atoms with E-state index in [0.717, 1.165) is 65.1 Å². The van der Waals surface area contributed by atoms with Crippen LogP contribution in [0, 0.1) is 5.82 Å². The predicted molar refractivity (Wildman–Crippen MR) is 128 cm³/mol. The molecule has 1 rings (SSSR count). The fourth-order valence-corrected chi connectivity index (χ4v) is 35.7. The van der Waals surface area contributed by atoms with E-state index >= 15 is 4.39 Å². The Morgan fingerprint density at radius 3 is 1.45 bits per heavy atom. The van der Waals surface area contributed by atoms with Crippen LogP contribution >= 0.6 is 0 Å². The van der Waals surface area contributed by atoms with Crippen molar-refractivity contribution < 1.29 is 4.39 Å². The Balaban J connectivity index is 3.81. The summed E-state index contributed by atoms with van der Waals surface area (Å²) in [6.45, 7) is 12.8. The van der Waals surface area contributed by atoms with Crippen LogP contribution in [0.1, 0.15) is 80.1 Å². The predicted octanol–water partition coefficient (Wildman–Crippen LogP) is 5.59. The number of H-pyrrole nitrogens is 1. The minimum atomic E-state index is -3.31. The number of rotatable bonds is 14. The van der Waals surface area contributed by atoms with E-state index in [1.165, 1.54) is 2.79 Å². The van der Waals surface area contributed by atoms with Gasteiger partial charge < -0.3 is 0 Å². The molecular weight excluding hydrogens is 581 g/mol. The van der Waals surface area contributed by atoms with Crippen molar-refractivity contribution >= 4 is 40.7 Å². The van der Waals surface area contributed by atoms with Gasteiger partial charge in [0.15, 0.2) is 0 Å². The second-order valence-corrected chi connectivity index (χ2v) is 34.3. The average Bonchev–Trinajstić information content (AvgIpc) is 2.66. The van der Waals surface area contributed by atoms with Crippen molar-refractivity contribution in [1.82, 2.24) is 7.77 Å². The minimum absolute atomic E-state index is 0.290. The maximum atomic E-state index is 15.7. The third-order valence-electron chi connectivity index (χ3n) is 6.38. The summed E-state index contributed by atoms with van der Waals surface area (Å²) >= 11 is -6.46. The van der Waals surface area contributed by atoms with Crippen molar-refractivity contribution in [3.05, 3.63) is 26.7 Å². The number of nitrogens with one attached hydrogen (secondary N) is 1. The fraction of sp³-hybridized carbons (Fsp3) is 0.818. The first kappa shape index (κ1) is 27.2. The van der Waals surface area contributed by atoms with Crippen LogP contribution in [0.2, 0.25) is 26.6 Å². The van der Waals surface area contributed by atoms with Gasteiger partial charge in [0.2, 0.25) is 0 Å². The van der Waals surface area contributed by atoms with Crippen molar-refractivity contribution in [2.75, 3.05) is 0 Å². The third-order valence-corrected chi connectivity index (χ3v) is 39.0. The molecular formula is C22H43FN2O2Sn2. The Hall–Kier alpha value is 0.207. The van der Waals surface area contributed by atoms with E-state index < -0.39 is 48.4 Å². The van der Waals surface area contributed by atoms with E-state index in [2.05, 4.69) is 46.5 Å². The van der Waals surface area contributed by atoms with Gasteiger partial charge in [-0.15, -0.1) is 0 Å². The first-order valence-corrected chi connectivity index (χ1v) is 26.7. The monoisotopic (exact) mass is 626 g/mol. The van der Waals surface area contributed by atoms with Crippen LogP contribution in [0.3, 0.4) is 0 Å². The van der Waals surface area contributed by atoms with Crippen molar-refractivity contribution in [3.8, 4) is 0 Å². The molecule has 0 aliphatic heterocycles. The molecule has 4 nitrogen and oxygen atoms in total. The Kier molecular flexibility index (Phi) is 12.1. The zero-order valence-electron chi connectivity index (χ0n) is 19.6. The quantitative estimate of drug-likeness (QED) is 0.275. The summed E-state index contributed by atoms with van der Waals surface area (Å²) in [4.78, 5) is 29.8. The van der Waals surface area contributed by atoms with E-state index in [4.69, 9.17) is 0 Å². The molecule has 0 amide bonds. The van der Waals surface area contributed by atoms with Gasteiger partial charge in [0.05, 0.1) is 0 Å². The van der Waals surface area contributed by atoms with Crippen LogP contribution in [-0.2, 0) is 0 Å². The summed E-state index contributed by atoms with van der Waals surface area (Å²) in [5, 5.41) is 0. The summed E-state index contributed by atoms with van der Waals surface area (Å²) in [7, 11) is 0. The van der Waals surface area contributed by atoms with Gasteiger partial charge in [-0.3, -0.25) is 0 Å². The van der Waals surface area contributed by atoms with Crippen LogP contribution in [0.25, 0.3) is 0 Å². The summed E-state index contributed by atoms with van der Waals surface area (Å²) in [6, 6.07) is 0. The molecule has 0 aliphatic rings. The average molecular weight is 624 g/mol. The van der Waals surface area contributed by atoms with E-state index in [-0.39, 0.29) is 5.69 Å². The van der Waals surface area contributed by atoms with Crippen molar-refractivity contribution in [2.45, 2.75) is 107 Å². The SMILES string of the molecule is CC[CH2][Sn]([CH2]CC)([CH2]CC)[c]1[nH]c(=O)[n]([Sn]([CH2]CC)([CH2]CC)[CH2]CC)c(=O)c1F. The van der Waals surface area contributed by atoms with Gasteiger partial charge in [0.1, 0.15) is 0 Å². The number of nitrogens with zero attached hydrogens (tertiary/aromatic N) is 1. The van der Waals surface area contributed by atoms with Gasteiger partial charge in [-0.2, -0.15) is 0 Å². The molecule has 0 atom stereocenters. The van der Waals surface area contributed by atoms with E-state index in [1.54, 1.807) is 0 Å². The van der Waals surface area contributed by atoms with Gasteiger partial charge in [0.25, 0.3) is 0 Å². The van der Waals surface area contributed by atoms with Crippen LogP contribution in [0.15, 0.2) is 9.59 Å². The zero-order valence-corrected chi connectivity index (χ0v) is 25.3.